The van der Waals surface area contributed by atoms with E-state index in [0.717, 1.165) is 29.2 Å². The van der Waals surface area contributed by atoms with Crippen molar-refractivity contribution in [3.05, 3.63) is 47.5 Å². The van der Waals surface area contributed by atoms with Gasteiger partial charge in [0.05, 0.1) is 0 Å². The lowest BCUT2D eigenvalue weighted by Crippen LogP contribution is -2.13. The van der Waals surface area contributed by atoms with E-state index in [9.17, 15) is 0 Å². The number of hydrogen-bond donors (Lipinski definition) is 0. The molecule has 0 bridgehead atoms. The summed E-state index contributed by atoms with van der Waals surface area (Å²) in [6.45, 7) is 4.62. The number of rotatable bonds is 7. The predicted octanol–water partition coefficient (Wildman–Crippen LogP) is 8.66. The van der Waals surface area contributed by atoms with Crippen LogP contribution >= 0.6 is 0 Å². The van der Waals surface area contributed by atoms with E-state index >= 15 is 0 Å². The Morgan fingerprint density at radius 2 is 1.45 bits per heavy atom. The van der Waals surface area contributed by atoms with Crippen LogP contribution in [0.25, 0.3) is 0 Å². The van der Waals surface area contributed by atoms with Crippen LogP contribution in [0.15, 0.2) is 36.4 Å². The minimum atomic E-state index is 0.757. The van der Waals surface area contributed by atoms with Crippen molar-refractivity contribution < 1.29 is 0 Å². The first-order chi connectivity index (χ1) is 14.3. The summed E-state index contributed by atoms with van der Waals surface area (Å²) in [7, 11) is 0. The van der Waals surface area contributed by atoms with Gasteiger partial charge < -0.3 is 0 Å². The van der Waals surface area contributed by atoms with Crippen molar-refractivity contribution in [3.8, 4) is 11.8 Å². The highest BCUT2D eigenvalue weighted by Gasteiger charge is 2.21. The summed E-state index contributed by atoms with van der Waals surface area (Å²) in [5.41, 5.74) is 2.68. The normalized spacial score (nSPS) is 27.5. The molecule has 158 valence electrons. The van der Waals surface area contributed by atoms with Crippen LogP contribution in [0.5, 0.6) is 0 Å². The lowest BCUT2D eigenvalue weighted by atomic mass is 9.77. The number of hydrogen-bond acceptors (Lipinski definition) is 0. The maximum Gasteiger partial charge on any atom is 0.0249 e. The van der Waals surface area contributed by atoms with Gasteiger partial charge in [-0.05, 0) is 98.8 Å². The van der Waals surface area contributed by atoms with Crippen molar-refractivity contribution >= 4 is 0 Å². The highest BCUT2D eigenvalue weighted by atomic mass is 14.3. The Balaban J connectivity index is 1.42. The molecule has 2 aliphatic rings. The lowest BCUT2D eigenvalue weighted by molar-refractivity contribution is 0.291. The Morgan fingerprint density at radius 3 is 2.10 bits per heavy atom. The first-order valence-electron chi connectivity index (χ1n) is 12.6. The minimum Gasteiger partial charge on any atom is -0.0730 e. The lowest BCUT2D eigenvalue weighted by Gasteiger charge is -2.28. The monoisotopic (exact) mass is 390 g/mol. The first-order valence-corrected chi connectivity index (χ1v) is 12.6. The second kappa shape index (κ2) is 12.3. The topological polar surface area (TPSA) is 0 Å². The van der Waals surface area contributed by atoms with Crippen molar-refractivity contribution in [1.29, 1.82) is 0 Å². The molecular weight excluding hydrogens is 348 g/mol. The fourth-order valence-corrected chi connectivity index (χ4v) is 5.50. The molecule has 2 aliphatic carbocycles. The summed E-state index contributed by atoms with van der Waals surface area (Å²) in [6.07, 6.45) is 22.6. The average Bonchev–Trinajstić information content (AvgIpc) is 2.77. The Labute approximate surface area is 180 Å². The molecular formula is C29H42. The number of benzene rings is 1. The van der Waals surface area contributed by atoms with E-state index in [4.69, 9.17) is 0 Å². The van der Waals surface area contributed by atoms with Gasteiger partial charge in [0.2, 0.25) is 0 Å². The number of allylic oxidation sites excluding steroid dienone is 2. The van der Waals surface area contributed by atoms with Gasteiger partial charge in [-0.3, -0.25) is 0 Å². The molecule has 29 heavy (non-hydrogen) atoms. The predicted molar refractivity (Wildman–Crippen MR) is 127 cm³/mol. The fraction of sp³-hybridized carbons (Fsp3) is 0.655. The smallest absolute Gasteiger partial charge is 0.0249 e. The molecule has 0 amide bonds. The summed E-state index contributed by atoms with van der Waals surface area (Å²) < 4.78 is 0. The molecule has 0 atom stereocenters. The van der Waals surface area contributed by atoms with Gasteiger partial charge in [-0.2, -0.15) is 0 Å². The van der Waals surface area contributed by atoms with Crippen molar-refractivity contribution in [2.45, 2.75) is 103 Å². The van der Waals surface area contributed by atoms with Gasteiger partial charge in [-0.15, -0.1) is 0 Å². The molecule has 0 spiro atoms. The Kier molecular flexibility index (Phi) is 9.40. The molecule has 2 saturated carbocycles. The largest absolute Gasteiger partial charge is 0.0730 e. The van der Waals surface area contributed by atoms with Crippen LogP contribution in [0.1, 0.15) is 114 Å². The van der Waals surface area contributed by atoms with Crippen LogP contribution in [-0.2, 0) is 0 Å². The van der Waals surface area contributed by atoms with E-state index in [-0.39, 0.29) is 0 Å². The second-order valence-corrected chi connectivity index (χ2v) is 9.68. The van der Waals surface area contributed by atoms with Crippen LogP contribution in [-0.4, -0.2) is 0 Å². The zero-order valence-corrected chi connectivity index (χ0v) is 19.0. The molecule has 0 N–H and O–H groups in total. The van der Waals surface area contributed by atoms with Crippen LogP contribution in [0.4, 0.5) is 0 Å². The second-order valence-electron chi connectivity index (χ2n) is 9.68. The molecule has 0 heteroatoms. The summed E-state index contributed by atoms with van der Waals surface area (Å²) in [5.74, 6) is 10.1. The van der Waals surface area contributed by atoms with E-state index in [2.05, 4.69) is 62.1 Å². The summed E-state index contributed by atoms with van der Waals surface area (Å²) in [6, 6.07) is 9.12. The Hall–Kier alpha value is -1.48. The van der Waals surface area contributed by atoms with Crippen molar-refractivity contribution in [2.24, 2.45) is 17.8 Å². The van der Waals surface area contributed by atoms with Gasteiger partial charge in [-0.25, -0.2) is 0 Å². The third-order valence-corrected chi connectivity index (χ3v) is 7.45. The van der Waals surface area contributed by atoms with Gasteiger partial charge in [-0.1, -0.05) is 76.0 Å². The van der Waals surface area contributed by atoms with Crippen LogP contribution < -0.4 is 0 Å². The van der Waals surface area contributed by atoms with Gasteiger partial charge in [0, 0.05) is 5.56 Å². The maximum absolute atomic E-state index is 3.34. The van der Waals surface area contributed by atoms with E-state index in [1.165, 1.54) is 89.0 Å². The molecule has 0 saturated heterocycles. The highest BCUT2D eigenvalue weighted by molar-refractivity contribution is 5.39. The molecule has 1 aromatic rings. The highest BCUT2D eigenvalue weighted by Crippen LogP contribution is 2.37. The first kappa shape index (κ1) is 22.2. The molecule has 0 nitrogen and oxygen atoms in total. The van der Waals surface area contributed by atoms with Gasteiger partial charge in [0.1, 0.15) is 0 Å². The SMILES string of the molecule is CCCC[C@H]1CC[C@H](/C=C/C#Cc2ccc([C@H]3CC[C@H](CCC)CC3)cc2)CC1. The quantitative estimate of drug-likeness (QED) is 0.408. The molecule has 0 aliphatic heterocycles. The van der Waals surface area contributed by atoms with Crippen LogP contribution in [0.2, 0.25) is 0 Å². The molecule has 0 radical (unpaired) electrons. The van der Waals surface area contributed by atoms with E-state index in [0.29, 0.717) is 0 Å². The zero-order valence-electron chi connectivity index (χ0n) is 19.0. The summed E-state index contributed by atoms with van der Waals surface area (Å²) in [5, 5.41) is 0. The standard InChI is InChI=1S/C29H42/c1-3-5-9-25-12-14-26(15-13-25)10-6-7-11-27-18-22-29(23-19-27)28-20-16-24(8-4-2)17-21-28/h6,10,18-19,22-26,28H,3-5,8-9,12-17,20-21H2,1-2H3/b10-6+/t24-,25-,26-,28-. The van der Waals surface area contributed by atoms with Crippen molar-refractivity contribution in [2.75, 3.05) is 0 Å². The van der Waals surface area contributed by atoms with Gasteiger partial charge in [0.25, 0.3) is 0 Å². The third kappa shape index (κ3) is 7.37. The molecule has 3 rings (SSSR count). The third-order valence-electron chi connectivity index (χ3n) is 7.45. The molecule has 0 heterocycles. The summed E-state index contributed by atoms with van der Waals surface area (Å²) >= 11 is 0. The molecule has 0 aromatic heterocycles. The Morgan fingerprint density at radius 1 is 0.793 bits per heavy atom. The van der Waals surface area contributed by atoms with E-state index in [1.807, 2.05) is 0 Å². The number of unbranched alkanes of at least 4 members (excludes halogenated alkanes) is 1. The van der Waals surface area contributed by atoms with E-state index < -0.39 is 0 Å². The van der Waals surface area contributed by atoms with Crippen LogP contribution in [0, 0.1) is 29.6 Å². The molecule has 0 unspecified atom stereocenters. The molecule has 1 aromatic carbocycles. The van der Waals surface area contributed by atoms with Gasteiger partial charge >= 0.3 is 0 Å². The summed E-state index contributed by atoms with van der Waals surface area (Å²) in [4.78, 5) is 0. The fourth-order valence-electron chi connectivity index (χ4n) is 5.50. The average molecular weight is 391 g/mol. The van der Waals surface area contributed by atoms with E-state index in [1.54, 1.807) is 0 Å². The van der Waals surface area contributed by atoms with Gasteiger partial charge in [0.15, 0.2) is 0 Å². The van der Waals surface area contributed by atoms with Crippen LogP contribution in [0.3, 0.4) is 0 Å². The van der Waals surface area contributed by atoms with Crippen molar-refractivity contribution in [1.82, 2.24) is 0 Å². The minimum absolute atomic E-state index is 0.757. The Bertz CT molecular complexity index is 652. The molecule has 2 fully saturated rings. The van der Waals surface area contributed by atoms with Crippen molar-refractivity contribution in [3.63, 3.8) is 0 Å². The zero-order chi connectivity index (χ0) is 20.3. The maximum atomic E-state index is 3.34.